The number of alkyl carbamates (subject to hydrolysis) is 1. The van der Waals surface area contributed by atoms with E-state index < -0.39 is 0 Å². The van der Waals surface area contributed by atoms with Gasteiger partial charge in [0, 0.05) is 6.61 Å². The summed E-state index contributed by atoms with van der Waals surface area (Å²) in [7, 11) is 0. The molecule has 1 heterocycles. The molecule has 0 aromatic rings. The number of cyclic esters (lactones) is 1. The number of nitrogens with one attached hydrogen (secondary N) is 1. The van der Waals surface area contributed by atoms with Crippen molar-refractivity contribution in [2.75, 3.05) is 19.8 Å². The highest BCUT2D eigenvalue weighted by Crippen LogP contribution is 2.18. The molecule has 1 fully saturated rings. The Hall–Kier alpha value is -1.03. The minimum absolute atomic E-state index is 0.100. The molecule has 2 aliphatic rings. The average Bonchev–Trinajstić information content (AvgIpc) is 2.66. The quantitative estimate of drug-likeness (QED) is 0.716. The Morgan fingerprint density at radius 3 is 3.07 bits per heavy atom. The van der Waals surface area contributed by atoms with Crippen LogP contribution in [0.25, 0.3) is 0 Å². The van der Waals surface area contributed by atoms with E-state index in [1.165, 1.54) is 6.42 Å². The van der Waals surface area contributed by atoms with Gasteiger partial charge in [0.2, 0.25) is 0 Å². The maximum atomic E-state index is 10.7. The van der Waals surface area contributed by atoms with E-state index in [1.807, 2.05) is 0 Å². The molecule has 2 rings (SSSR count). The van der Waals surface area contributed by atoms with Crippen LogP contribution in [0.2, 0.25) is 0 Å². The molecule has 0 radical (unpaired) electrons. The molecule has 2 atom stereocenters. The van der Waals surface area contributed by atoms with Crippen LogP contribution in [0.5, 0.6) is 0 Å². The second-order valence-electron chi connectivity index (χ2n) is 4.10. The Morgan fingerprint density at radius 2 is 2.40 bits per heavy atom. The number of allylic oxidation sites excluding steroid dienone is 2. The van der Waals surface area contributed by atoms with Crippen molar-refractivity contribution in [1.82, 2.24) is 5.32 Å². The lowest BCUT2D eigenvalue weighted by Gasteiger charge is -2.18. The van der Waals surface area contributed by atoms with Gasteiger partial charge in [0.25, 0.3) is 0 Å². The van der Waals surface area contributed by atoms with E-state index in [0.717, 1.165) is 19.4 Å². The molecular formula is C11H17NO3. The van der Waals surface area contributed by atoms with Crippen molar-refractivity contribution in [3.63, 3.8) is 0 Å². The van der Waals surface area contributed by atoms with E-state index >= 15 is 0 Å². The van der Waals surface area contributed by atoms with E-state index in [1.54, 1.807) is 0 Å². The molecule has 1 amide bonds. The van der Waals surface area contributed by atoms with Crippen LogP contribution < -0.4 is 5.32 Å². The first-order chi connectivity index (χ1) is 7.34. The van der Waals surface area contributed by atoms with Crippen molar-refractivity contribution < 1.29 is 14.3 Å². The van der Waals surface area contributed by atoms with Gasteiger partial charge in [-0.3, -0.25) is 0 Å². The van der Waals surface area contributed by atoms with Crippen LogP contribution in [0.4, 0.5) is 4.79 Å². The van der Waals surface area contributed by atoms with Crippen LogP contribution in [0.15, 0.2) is 12.2 Å². The number of carbonyl (C=O) groups is 1. The third-order valence-electron chi connectivity index (χ3n) is 2.78. The molecule has 0 spiro atoms. The van der Waals surface area contributed by atoms with E-state index in [4.69, 9.17) is 9.47 Å². The first kappa shape index (κ1) is 10.5. The fraction of sp³-hybridized carbons (Fsp3) is 0.727. The maximum Gasteiger partial charge on any atom is 0.407 e. The van der Waals surface area contributed by atoms with Gasteiger partial charge in [-0.15, -0.1) is 0 Å². The van der Waals surface area contributed by atoms with E-state index in [9.17, 15) is 4.79 Å². The van der Waals surface area contributed by atoms with Crippen molar-refractivity contribution in [2.45, 2.75) is 25.4 Å². The van der Waals surface area contributed by atoms with Gasteiger partial charge in [0.1, 0.15) is 6.10 Å². The van der Waals surface area contributed by atoms with Crippen molar-refractivity contribution in [1.29, 1.82) is 0 Å². The first-order valence-corrected chi connectivity index (χ1v) is 5.52. The molecule has 0 saturated carbocycles. The summed E-state index contributed by atoms with van der Waals surface area (Å²) >= 11 is 0. The van der Waals surface area contributed by atoms with Crippen molar-refractivity contribution in [3.05, 3.63) is 12.2 Å². The van der Waals surface area contributed by atoms with Gasteiger partial charge in [-0.25, -0.2) is 4.79 Å². The van der Waals surface area contributed by atoms with Gasteiger partial charge in [-0.2, -0.15) is 0 Å². The highest BCUT2D eigenvalue weighted by molar-refractivity contribution is 5.69. The van der Waals surface area contributed by atoms with Gasteiger partial charge < -0.3 is 14.8 Å². The Morgan fingerprint density at radius 1 is 1.47 bits per heavy atom. The molecule has 84 valence electrons. The second-order valence-corrected chi connectivity index (χ2v) is 4.10. The highest BCUT2D eigenvalue weighted by Gasteiger charge is 2.22. The number of rotatable bonds is 4. The van der Waals surface area contributed by atoms with Crippen molar-refractivity contribution in [3.8, 4) is 0 Å². The molecule has 15 heavy (non-hydrogen) atoms. The van der Waals surface area contributed by atoms with Gasteiger partial charge in [0.05, 0.1) is 13.2 Å². The third kappa shape index (κ3) is 3.23. The molecule has 0 unspecified atom stereocenters. The summed E-state index contributed by atoms with van der Waals surface area (Å²) < 4.78 is 10.5. The lowest BCUT2D eigenvalue weighted by Crippen LogP contribution is -2.22. The zero-order chi connectivity index (χ0) is 10.5. The molecule has 1 saturated heterocycles. The largest absolute Gasteiger partial charge is 0.442 e. The summed E-state index contributed by atoms with van der Waals surface area (Å²) in [6.07, 6.45) is 7.49. The van der Waals surface area contributed by atoms with E-state index in [2.05, 4.69) is 17.5 Å². The number of carbonyl (C=O) groups excluding carboxylic acids is 1. The van der Waals surface area contributed by atoms with Gasteiger partial charge in [0.15, 0.2) is 0 Å². The third-order valence-corrected chi connectivity index (χ3v) is 2.78. The van der Waals surface area contributed by atoms with Crippen molar-refractivity contribution in [2.24, 2.45) is 5.92 Å². The summed E-state index contributed by atoms with van der Waals surface area (Å²) in [5.41, 5.74) is 0. The normalized spacial score (nSPS) is 30.0. The standard InChI is InChI=1S/C11H17NO3/c13-11-12-6-10(15-11)8-14-7-9-4-2-1-3-5-9/h1-2,9-10H,3-8H2,(H,12,13)/t9-,10+/m0/s1. The van der Waals surface area contributed by atoms with Gasteiger partial charge >= 0.3 is 6.09 Å². The summed E-state index contributed by atoms with van der Waals surface area (Å²) in [5.74, 6) is 0.639. The fourth-order valence-corrected chi connectivity index (χ4v) is 1.90. The molecule has 0 aromatic heterocycles. The Balaban J connectivity index is 1.58. The smallest absolute Gasteiger partial charge is 0.407 e. The van der Waals surface area contributed by atoms with Gasteiger partial charge in [-0.1, -0.05) is 12.2 Å². The highest BCUT2D eigenvalue weighted by atomic mass is 16.6. The van der Waals surface area contributed by atoms with Crippen LogP contribution in [-0.2, 0) is 9.47 Å². The predicted octanol–water partition coefficient (Wildman–Crippen LogP) is 1.47. The molecule has 0 bridgehead atoms. The molecule has 1 aliphatic heterocycles. The van der Waals surface area contributed by atoms with E-state index in [0.29, 0.717) is 19.1 Å². The zero-order valence-corrected chi connectivity index (χ0v) is 8.78. The Kier molecular flexibility index (Phi) is 3.61. The Labute approximate surface area is 89.6 Å². The zero-order valence-electron chi connectivity index (χ0n) is 8.78. The SMILES string of the molecule is O=C1NC[C@H](COC[C@H]2CC=CCC2)O1. The second kappa shape index (κ2) is 5.16. The first-order valence-electron chi connectivity index (χ1n) is 5.52. The topological polar surface area (TPSA) is 47.6 Å². The fourth-order valence-electron chi connectivity index (χ4n) is 1.90. The minimum atomic E-state index is -0.329. The van der Waals surface area contributed by atoms with Crippen molar-refractivity contribution >= 4 is 6.09 Å². The van der Waals surface area contributed by atoms with E-state index in [-0.39, 0.29) is 12.2 Å². The van der Waals surface area contributed by atoms with Crippen LogP contribution in [0.1, 0.15) is 19.3 Å². The summed E-state index contributed by atoms with van der Waals surface area (Å²) in [5, 5.41) is 2.61. The monoisotopic (exact) mass is 211 g/mol. The van der Waals surface area contributed by atoms with Crippen LogP contribution in [0.3, 0.4) is 0 Å². The lowest BCUT2D eigenvalue weighted by atomic mass is 9.95. The predicted molar refractivity (Wildman–Crippen MR) is 55.6 cm³/mol. The average molecular weight is 211 g/mol. The van der Waals surface area contributed by atoms with Crippen LogP contribution in [0, 0.1) is 5.92 Å². The summed E-state index contributed by atoms with van der Waals surface area (Å²) in [6.45, 7) is 1.86. The number of amides is 1. The molecule has 0 aromatic carbocycles. The van der Waals surface area contributed by atoms with Gasteiger partial charge in [-0.05, 0) is 25.2 Å². The minimum Gasteiger partial charge on any atom is -0.442 e. The summed E-state index contributed by atoms with van der Waals surface area (Å²) in [4.78, 5) is 10.7. The summed E-state index contributed by atoms with van der Waals surface area (Å²) in [6, 6.07) is 0. The van der Waals surface area contributed by atoms with Crippen LogP contribution >= 0.6 is 0 Å². The number of hydrogen-bond donors (Lipinski definition) is 1. The molecule has 1 aliphatic carbocycles. The molecular weight excluding hydrogens is 194 g/mol. The number of hydrogen-bond acceptors (Lipinski definition) is 3. The molecule has 1 N–H and O–H groups in total. The lowest BCUT2D eigenvalue weighted by molar-refractivity contribution is 0.0290. The number of ether oxygens (including phenoxy) is 2. The molecule has 4 heteroatoms. The maximum absolute atomic E-state index is 10.7. The van der Waals surface area contributed by atoms with Crippen LogP contribution in [-0.4, -0.2) is 32.0 Å². The Bertz CT molecular complexity index is 248. The molecule has 4 nitrogen and oxygen atoms in total.